The minimum absolute atomic E-state index is 0.228. The zero-order chi connectivity index (χ0) is 27.7. The number of carbonyl (C=O) groups is 3. The van der Waals surface area contributed by atoms with Gasteiger partial charge in [-0.05, 0) is 95.2 Å². The first-order chi connectivity index (χ1) is 18.2. The van der Waals surface area contributed by atoms with Crippen molar-refractivity contribution >= 4 is 73.8 Å². The zero-order valence-corrected chi connectivity index (χ0v) is 24.4. The summed E-state index contributed by atoms with van der Waals surface area (Å²) in [6.07, 6.45) is 1.36. The van der Waals surface area contributed by atoms with Crippen molar-refractivity contribution < 1.29 is 28.6 Å². The van der Waals surface area contributed by atoms with Gasteiger partial charge >= 0.3 is 11.8 Å². The lowest BCUT2D eigenvalue weighted by molar-refractivity contribution is -0.136. The lowest BCUT2D eigenvalue weighted by Gasteiger charge is -2.14. The van der Waals surface area contributed by atoms with E-state index < -0.39 is 11.8 Å². The molecule has 3 N–H and O–H groups in total. The first-order valence-electron chi connectivity index (χ1n) is 11.0. The van der Waals surface area contributed by atoms with E-state index in [1.54, 1.807) is 42.5 Å². The molecule has 3 rings (SSSR count). The van der Waals surface area contributed by atoms with Gasteiger partial charge in [0.05, 0.1) is 24.0 Å². The number of carbonyl (C=O) groups excluding carboxylic acids is 3. The molecule has 0 bridgehead atoms. The van der Waals surface area contributed by atoms with Crippen molar-refractivity contribution in [2.75, 3.05) is 31.5 Å². The molecule has 0 heterocycles. The highest BCUT2D eigenvalue weighted by Gasteiger charge is 2.15. The van der Waals surface area contributed by atoms with E-state index in [2.05, 4.69) is 37.1 Å². The Morgan fingerprint density at radius 3 is 2.32 bits per heavy atom. The smallest absolute Gasteiger partial charge is 0.329 e. The minimum Gasteiger partial charge on any atom is -0.497 e. The fourth-order valence-electron chi connectivity index (χ4n) is 3.09. The van der Waals surface area contributed by atoms with Gasteiger partial charge in [0.2, 0.25) is 0 Å². The van der Waals surface area contributed by atoms with Crippen LogP contribution in [0.4, 0.5) is 11.4 Å². The molecule has 3 aromatic carbocycles. The molecule has 0 atom stereocenters. The fourth-order valence-corrected chi connectivity index (χ4v) is 4.12. The van der Waals surface area contributed by atoms with E-state index in [0.717, 1.165) is 10.0 Å². The van der Waals surface area contributed by atoms with E-state index in [0.29, 0.717) is 37.8 Å². The largest absolute Gasteiger partial charge is 0.497 e. The fraction of sp³-hybridized carbons (Fsp3) is 0.154. The normalized spacial score (nSPS) is 10.6. The Morgan fingerprint density at radius 2 is 1.66 bits per heavy atom. The summed E-state index contributed by atoms with van der Waals surface area (Å²) >= 11 is 5.47. The van der Waals surface area contributed by atoms with Crippen LogP contribution in [-0.2, 0) is 14.4 Å². The molecular weight excluding hydrogens is 671 g/mol. The number of hydrogen-bond acceptors (Lipinski definition) is 7. The van der Waals surface area contributed by atoms with Crippen molar-refractivity contribution in [3.05, 3.63) is 73.8 Å². The predicted octanol–water partition coefficient (Wildman–Crippen LogP) is 4.49. The standard InChI is InChI=1S/C26H24BrIN4O6/c1-15-10-18(6-9-20(15)27)30-23(33)14-38-24-21(28)11-16(12-22(24)37-3)13-29-32-26(35)25(34)31-17-4-7-19(36-2)8-5-17/h4-13H,14H2,1-3H3,(H,30,33)(H,31,34)(H,32,35)/b29-13-. The lowest BCUT2D eigenvalue weighted by atomic mass is 10.2. The maximum absolute atomic E-state index is 12.4. The Morgan fingerprint density at radius 1 is 0.947 bits per heavy atom. The van der Waals surface area contributed by atoms with Crippen LogP contribution in [0.1, 0.15) is 11.1 Å². The van der Waals surface area contributed by atoms with Crippen molar-refractivity contribution in [1.29, 1.82) is 0 Å². The third-order valence-corrected chi connectivity index (χ3v) is 6.67. The first-order valence-corrected chi connectivity index (χ1v) is 12.9. The maximum Gasteiger partial charge on any atom is 0.329 e. The van der Waals surface area contributed by atoms with E-state index in [1.165, 1.54) is 20.4 Å². The predicted molar refractivity (Wildman–Crippen MR) is 156 cm³/mol. The van der Waals surface area contributed by atoms with E-state index in [1.807, 2.05) is 41.6 Å². The molecular formula is C26H24BrIN4O6. The third-order valence-electron chi connectivity index (χ3n) is 4.97. The number of aryl methyl sites for hydroxylation is 1. The van der Waals surface area contributed by atoms with Gasteiger partial charge in [-0.15, -0.1) is 0 Å². The Bertz CT molecular complexity index is 1360. The van der Waals surface area contributed by atoms with E-state index in [4.69, 9.17) is 14.2 Å². The molecule has 12 heteroatoms. The van der Waals surface area contributed by atoms with Gasteiger partial charge in [-0.3, -0.25) is 14.4 Å². The molecule has 198 valence electrons. The molecule has 0 aromatic heterocycles. The molecule has 0 fully saturated rings. The second-order valence-corrected chi connectivity index (χ2v) is 9.73. The SMILES string of the molecule is COc1ccc(NC(=O)C(=O)N/N=C\c2cc(I)c(OCC(=O)Nc3ccc(Br)c(C)c3)c(OC)c2)cc1. The Balaban J connectivity index is 1.57. The molecule has 38 heavy (non-hydrogen) atoms. The van der Waals surface area contributed by atoms with Crippen LogP contribution < -0.4 is 30.3 Å². The van der Waals surface area contributed by atoms with Gasteiger partial charge in [0.1, 0.15) is 5.75 Å². The second kappa shape index (κ2) is 13.8. The monoisotopic (exact) mass is 694 g/mol. The van der Waals surface area contributed by atoms with Crippen LogP contribution in [0.5, 0.6) is 17.2 Å². The highest BCUT2D eigenvalue weighted by atomic mass is 127. The molecule has 0 aliphatic heterocycles. The van der Waals surface area contributed by atoms with Gasteiger partial charge in [-0.2, -0.15) is 5.10 Å². The van der Waals surface area contributed by atoms with Gasteiger partial charge in [-0.25, -0.2) is 5.43 Å². The Labute approximate surface area is 241 Å². The quantitative estimate of drug-likeness (QED) is 0.131. The van der Waals surface area contributed by atoms with E-state index in [9.17, 15) is 14.4 Å². The number of halogens is 2. The van der Waals surface area contributed by atoms with Crippen LogP contribution in [0.2, 0.25) is 0 Å². The van der Waals surface area contributed by atoms with Crippen LogP contribution in [0.15, 0.2) is 64.2 Å². The maximum atomic E-state index is 12.4. The van der Waals surface area contributed by atoms with Crippen molar-refractivity contribution in [2.45, 2.75) is 6.92 Å². The minimum atomic E-state index is -0.939. The number of methoxy groups -OCH3 is 2. The third kappa shape index (κ3) is 8.18. The highest BCUT2D eigenvalue weighted by Crippen LogP contribution is 2.33. The Hall–Kier alpha value is -3.65. The van der Waals surface area contributed by atoms with Crippen LogP contribution >= 0.6 is 38.5 Å². The Kier molecular flexibility index (Phi) is 10.5. The number of rotatable bonds is 9. The summed E-state index contributed by atoms with van der Waals surface area (Å²) in [5.74, 6) is -0.765. The molecule has 3 aromatic rings. The van der Waals surface area contributed by atoms with E-state index in [-0.39, 0.29) is 12.5 Å². The van der Waals surface area contributed by atoms with Gasteiger partial charge in [0.15, 0.2) is 18.1 Å². The van der Waals surface area contributed by atoms with Gasteiger partial charge in [0.25, 0.3) is 5.91 Å². The summed E-state index contributed by atoms with van der Waals surface area (Å²) < 4.78 is 17.8. The van der Waals surface area contributed by atoms with Gasteiger partial charge in [0, 0.05) is 15.8 Å². The first kappa shape index (κ1) is 28.9. The molecule has 0 radical (unpaired) electrons. The van der Waals surface area contributed by atoms with Crippen LogP contribution in [-0.4, -0.2) is 44.8 Å². The van der Waals surface area contributed by atoms with Crippen molar-refractivity contribution in [1.82, 2.24) is 5.43 Å². The summed E-state index contributed by atoms with van der Waals surface area (Å²) in [4.78, 5) is 36.5. The average Bonchev–Trinajstić information content (AvgIpc) is 2.90. The molecule has 0 aliphatic rings. The van der Waals surface area contributed by atoms with Crippen molar-refractivity contribution in [2.24, 2.45) is 5.10 Å². The molecule has 0 saturated carbocycles. The molecule has 3 amide bonds. The number of nitrogens with one attached hydrogen (secondary N) is 3. The lowest BCUT2D eigenvalue weighted by Crippen LogP contribution is -2.32. The number of nitrogens with zero attached hydrogens (tertiary/aromatic N) is 1. The van der Waals surface area contributed by atoms with Crippen molar-refractivity contribution in [3.8, 4) is 17.2 Å². The summed E-state index contributed by atoms with van der Waals surface area (Å²) in [7, 11) is 3.00. The summed E-state index contributed by atoms with van der Waals surface area (Å²) in [6.45, 7) is 1.70. The summed E-state index contributed by atoms with van der Waals surface area (Å²) in [6, 6.07) is 15.4. The van der Waals surface area contributed by atoms with Crippen LogP contribution in [0.3, 0.4) is 0 Å². The number of hydrogen-bond donors (Lipinski definition) is 3. The summed E-state index contributed by atoms with van der Waals surface area (Å²) in [5, 5.41) is 9.10. The zero-order valence-electron chi connectivity index (χ0n) is 20.6. The van der Waals surface area contributed by atoms with Gasteiger partial charge in [-0.1, -0.05) is 15.9 Å². The summed E-state index contributed by atoms with van der Waals surface area (Å²) in [5.41, 5.74) is 4.84. The average molecular weight is 695 g/mol. The number of amides is 3. The molecule has 0 unspecified atom stereocenters. The number of ether oxygens (including phenoxy) is 3. The highest BCUT2D eigenvalue weighted by molar-refractivity contribution is 14.1. The second-order valence-electron chi connectivity index (χ2n) is 7.72. The van der Waals surface area contributed by atoms with Crippen LogP contribution in [0, 0.1) is 10.5 Å². The van der Waals surface area contributed by atoms with Crippen molar-refractivity contribution in [3.63, 3.8) is 0 Å². The van der Waals surface area contributed by atoms with Crippen LogP contribution in [0.25, 0.3) is 0 Å². The topological polar surface area (TPSA) is 127 Å². The number of hydrazone groups is 1. The molecule has 10 nitrogen and oxygen atoms in total. The molecule has 0 aliphatic carbocycles. The molecule has 0 spiro atoms. The van der Waals surface area contributed by atoms with E-state index >= 15 is 0 Å². The number of anilines is 2. The molecule has 0 saturated heterocycles. The number of benzene rings is 3. The van der Waals surface area contributed by atoms with Gasteiger partial charge < -0.3 is 24.8 Å².